The molecule has 0 amide bonds. The quantitative estimate of drug-likeness (QED) is 0.630. The van der Waals surface area contributed by atoms with E-state index < -0.39 is 0 Å². The van der Waals surface area contributed by atoms with Crippen LogP contribution in [0.3, 0.4) is 0 Å². The fourth-order valence-corrected chi connectivity index (χ4v) is 3.05. The number of thiophene rings is 1. The van der Waals surface area contributed by atoms with Crippen LogP contribution in [-0.4, -0.2) is 0 Å². The Morgan fingerprint density at radius 2 is 2.06 bits per heavy atom. The van der Waals surface area contributed by atoms with Gasteiger partial charge in [-0.3, -0.25) is 0 Å². The van der Waals surface area contributed by atoms with Gasteiger partial charge in [-0.1, -0.05) is 0 Å². The zero-order valence-corrected chi connectivity index (χ0v) is 12.8. The van der Waals surface area contributed by atoms with E-state index in [0.29, 0.717) is 0 Å². The SMILES string of the molecule is Cc1ccc(C(C)Nc2ccc(I)cc2N)s1. The van der Waals surface area contributed by atoms with Gasteiger partial charge >= 0.3 is 0 Å². The average Bonchev–Trinajstić information content (AvgIpc) is 2.69. The molecule has 1 atom stereocenters. The molecule has 90 valence electrons. The van der Waals surface area contributed by atoms with Gasteiger partial charge in [0.25, 0.3) is 0 Å². The Morgan fingerprint density at radius 1 is 1.29 bits per heavy atom. The minimum atomic E-state index is 0.288. The number of aryl methyl sites for hydroxylation is 1. The third kappa shape index (κ3) is 3.13. The number of halogens is 1. The Morgan fingerprint density at radius 3 is 2.65 bits per heavy atom. The first-order valence-corrected chi connectivity index (χ1v) is 7.33. The Bertz CT molecular complexity index is 522. The Labute approximate surface area is 119 Å². The van der Waals surface area contributed by atoms with Crippen LogP contribution in [0.15, 0.2) is 30.3 Å². The summed E-state index contributed by atoms with van der Waals surface area (Å²) in [5, 5.41) is 3.45. The molecule has 0 aliphatic rings. The van der Waals surface area contributed by atoms with Crippen molar-refractivity contribution in [3.05, 3.63) is 43.7 Å². The second-order valence-corrected chi connectivity index (χ2v) is 6.61. The van der Waals surface area contributed by atoms with Crippen LogP contribution in [0.2, 0.25) is 0 Å². The Balaban J connectivity index is 2.15. The summed E-state index contributed by atoms with van der Waals surface area (Å²) in [5.74, 6) is 0. The van der Waals surface area contributed by atoms with Crippen molar-refractivity contribution in [3.8, 4) is 0 Å². The number of nitrogens with two attached hydrogens (primary N) is 1. The van der Waals surface area contributed by atoms with E-state index in [1.54, 1.807) is 0 Å². The van der Waals surface area contributed by atoms with Crippen molar-refractivity contribution < 1.29 is 0 Å². The van der Waals surface area contributed by atoms with E-state index in [1.165, 1.54) is 9.75 Å². The van der Waals surface area contributed by atoms with Crippen LogP contribution >= 0.6 is 33.9 Å². The van der Waals surface area contributed by atoms with Gasteiger partial charge in [0, 0.05) is 13.3 Å². The molecule has 3 N–H and O–H groups in total. The van der Waals surface area contributed by atoms with Crippen molar-refractivity contribution in [3.63, 3.8) is 0 Å². The van der Waals surface area contributed by atoms with Gasteiger partial charge in [-0.15, -0.1) is 11.3 Å². The van der Waals surface area contributed by atoms with Crippen LogP contribution in [0.4, 0.5) is 11.4 Å². The predicted molar refractivity (Wildman–Crippen MR) is 84.7 cm³/mol. The summed E-state index contributed by atoms with van der Waals surface area (Å²) in [6.45, 7) is 4.28. The van der Waals surface area contributed by atoms with Crippen LogP contribution in [0.1, 0.15) is 22.7 Å². The summed E-state index contributed by atoms with van der Waals surface area (Å²) in [7, 11) is 0. The van der Waals surface area contributed by atoms with E-state index in [0.717, 1.165) is 14.9 Å². The summed E-state index contributed by atoms with van der Waals surface area (Å²) in [5.41, 5.74) is 7.80. The third-order valence-electron chi connectivity index (χ3n) is 2.57. The number of hydrogen-bond donors (Lipinski definition) is 2. The standard InChI is InChI=1S/C13H15IN2S/c1-8-3-6-13(17-8)9(2)16-12-5-4-10(14)7-11(12)15/h3-7,9,16H,15H2,1-2H3. The van der Waals surface area contributed by atoms with Crippen LogP contribution < -0.4 is 11.1 Å². The van der Waals surface area contributed by atoms with E-state index in [-0.39, 0.29) is 6.04 Å². The van der Waals surface area contributed by atoms with Gasteiger partial charge in [0.2, 0.25) is 0 Å². The van der Waals surface area contributed by atoms with Crippen LogP contribution in [0, 0.1) is 10.5 Å². The van der Waals surface area contributed by atoms with Crippen molar-refractivity contribution in [2.75, 3.05) is 11.1 Å². The van der Waals surface area contributed by atoms with Gasteiger partial charge in [-0.2, -0.15) is 0 Å². The lowest BCUT2D eigenvalue weighted by Gasteiger charge is -2.15. The first kappa shape index (κ1) is 12.7. The highest BCUT2D eigenvalue weighted by Gasteiger charge is 2.09. The number of benzene rings is 1. The molecule has 0 aliphatic carbocycles. The molecule has 0 saturated carbocycles. The zero-order valence-electron chi connectivity index (χ0n) is 9.83. The summed E-state index contributed by atoms with van der Waals surface area (Å²) < 4.78 is 1.16. The minimum Gasteiger partial charge on any atom is -0.397 e. The second-order valence-electron chi connectivity index (χ2n) is 4.05. The maximum atomic E-state index is 5.99. The Kier molecular flexibility index (Phi) is 3.93. The molecule has 0 radical (unpaired) electrons. The van der Waals surface area contributed by atoms with Crippen molar-refractivity contribution in [1.82, 2.24) is 0 Å². The predicted octanol–water partition coefficient (Wildman–Crippen LogP) is 4.42. The molecule has 0 bridgehead atoms. The molecule has 0 saturated heterocycles. The van der Waals surface area contributed by atoms with Crippen molar-refractivity contribution in [2.24, 2.45) is 0 Å². The van der Waals surface area contributed by atoms with E-state index in [4.69, 9.17) is 5.73 Å². The maximum Gasteiger partial charge on any atom is 0.0579 e. The monoisotopic (exact) mass is 358 g/mol. The van der Waals surface area contributed by atoms with Crippen LogP contribution in [0.25, 0.3) is 0 Å². The van der Waals surface area contributed by atoms with Gasteiger partial charge in [-0.05, 0) is 66.8 Å². The summed E-state index contributed by atoms with van der Waals surface area (Å²) in [6.07, 6.45) is 0. The molecular formula is C13H15IN2S. The topological polar surface area (TPSA) is 38.0 Å². The lowest BCUT2D eigenvalue weighted by atomic mass is 10.2. The minimum absolute atomic E-state index is 0.288. The molecule has 1 aromatic heterocycles. The number of hydrogen-bond acceptors (Lipinski definition) is 3. The largest absolute Gasteiger partial charge is 0.397 e. The van der Waals surface area contributed by atoms with Gasteiger partial charge in [0.1, 0.15) is 0 Å². The maximum absolute atomic E-state index is 5.99. The molecule has 0 aliphatic heterocycles. The number of rotatable bonds is 3. The Hall–Kier alpha value is -0.750. The molecule has 1 aromatic carbocycles. The van der Waals surface area contributed by atoms with Crippen molar-refractivity contribution in [1.29, 1.82) is 0 Å². The molecule has 4 heteroatoms. The molecule has 2 rings (SSSR count). The summed E-state index contributed by atoms with van der Waals surface area (Å²) in [4.78, 5) is 2.67. The summed E-state index contributed by atoms with van der Waals surface area (Å²) >= 11 is 4.08. The van der Waals surface area contributed by atoms with Crippen molar-refractivity contribution in [2.45, 2.75) is 19.9 Å². The smallest absolute Gasteiger partial charge is 0.0579 e. The first-order chi connectivity index (χ1) is 8.06. The zero-order chi connectivity index (χ0) is 12.4. The molecule has 0 spiro atoms. The fraction of sp³-hybridized carbons (Fsp3) is 0.231. The average molecular weight is 358 g/mol. The molecule has 1 heterocycles. The molecular weight excluding hydrogens is 343 g/mol. The van der Waals surface area contributed by atoms with Gasteiger partial charge in [0.15, 0.2) is 0 Å². The molecule has 2 aromatic rings. The number of nitrogen functional groups attached to an aromatic ring is 1. The van der Waals surface area contributed by atoms with E-state index in [9.17, 15) is 0 Å². The van der Waals surface area contributed by atoms with Crippen LogP contribution in [0.5, 0.6) is 0 Å². The van der Waals surface area contributed by atoms with E-state index in [1.807, 2.05) is 23.5 Å². The highest BCUT2D eigenvalue weighted by Crippen LogP contribution is 2.28. The normalized spacial score (nSPS) is 12.4. The molecule has 2 nitrogen and oxygen atoms in total. The third-order valence-corrected chi connectivity index (χ3v) is 4.43. The lowest BCUT2D eigenvalue weighted by molar-refractivity contribution is 0.909. The van der Waals surface area contributed by atoms with Crippen molar-refractivity contribution >= 4 is 45.3 Å². The molecule has 17 heavy (non-hydrogen) atoms. The molecule has 0 fully saturated rings. The van der Waals surface area contributed by atoms with E-state index in [2.05, 4.69) is 60.0 Å². The highest BCUT2D eigenvalue weighted by atomic mass is 127. The second kappa shape index (κ2) is 5.27. The fourth-order valence-electron chi connectivity index (χ4n) is 1.66. The van der Waals surface area contributed by atoms with E-state index >= 15 is 0 Å². The van der Waals surface area contributed by atoms with Gasteiger partial charge in [0.05, 0.1) is 17.4 Å². The number of nitrogens with one attached hydrogen (secondary N) is 1. The van der Waals surface area contributed by atoms with Gasteiger partial charge in [-0.25, -0.2) is 0 Å². The molecule has 1 unspecified atom stereocenters. The number of anilines is 2. The van der Waals surface area contributed by atoms with Crippen LogP contribution in [-0.2, 0) is 0 Å². The highest BCUT2D eigenvalue weighted by molar-refractivity contribution is 14.1. The van der Waals surface area contributed by atoms with Gasteiger partial charge < -0.3 is 11.1 Å². The summed E-state index contributed by atoms with van der Waals surface area (Å²) in [6, 6.07) is 10.7. The lowest BCUT2D eigenvalue weighted by Crippen LogP contribution is -2.07. The first-order valence-electron chi connectivity index (χ1n) is 5.44.